The lowest BCUT2D eigenvalue weighted by atomic mass is 9.93. The van der Waals surface area contributed by atoms with E-state index in [1.807, 2.05) is 19.6 Å². The molecule has 0 aromatic carbocycles. The highest BCUT2D eigenvalue weighted by molar-refractivity contribution is 5.80. The lowest BCUT2D eigenvalue weighted by Gasteiger charge is -2.39. The first-order valence-electron chi connectivity index (χ1n) is 10.8. The van der Waals surface area contributed by atoms with Gasteiger partial charge in [0.25, 0.3) is 0 Å². The van der Waals surface area contributed by atoms with Crippen LogP contribution in [0.3, 0.4) is 0 Å². The Morgan fingerprint density at radius 1 is 1.15 bits per heavy atom. The number of rotatable bonds is 6. The summed E-state index contributed by atoms with van der Waals surface area (Å²) in [6, 6.07) is 0.473. The minimum atomic E-state index is 0.473. The summed E-state index contributed by atoms with van der Waals surface area (Å²) in [7, 11) is 1.90. The molecule has 2 atom stereocenters. The molecule has 2 fully saturated rings. The van der Waals surface area contributed by atoms with Gasteiger partial charge in [0.1, 0.15) is 0 Å². The highest BCUT2D eigenvalue weighted by Gasteiger charge is 2.28. The monoisotopic (exact) mass is 374 g/mol. The van der Waals surface area contributed by atoms with Crippen molar-refractivity contribution >= 4 is 5.96 Å². The number of aliphatic imine (C=N–C) groups is 1. The third-order valence-corrected chi connectivity index (χ3v) is 6.40. The second-order valence-electron chi connectivity index (χ2n) is 8.49. The average molecular weight is 375 g/mol. The number of nitrogens with zero attached hydrogens (tertiary/aromatic N) is 5. The number of nitrogens with one attached hydrogen (secondary N) is 1. The number of piperidine rings is 2. The van der Waals surface area contributed by atoms with Gasteiger partial charge in [0, 0.05) is 39.1 Å². The Labute approximate surface area is 165 Å². The Morgan fingerprint density at radius 3 is 2.67 bits per heavy atom. The average Bonchev–Trinajstić information content (AvgIpc) is 3.21. The van der Waals surface area contributed by atoms with E-state index < -0.39 is 0 Å². The molecule has 2 aliphatic rings. The zero-order valence-corrected chi connectivity index (χ0v) is 17.5. The van der Waals surface area contributed by atoms with Gasteiger partial charge < -0.3 is 19.7 Å². The smallest absolute Gasteiger partial charge is 0.193 e. The van der Waals surface area contributed by atoms with Gasteiger partial charge in [-0.05, 0) is 63.6 Å². The molecule has 2 aliphatic heterocycles. The van der Waals surface area contributed by atoms with Crippen LogP contribution in [0, 0.1) is 11.8 Å². The molecule has 0 saturated carbocycles. The number of hydrogen-bond donors (Lipinski definition) is 1. The number of hydrogen-bond acceptors (Lipinski definition) is 3. The van der Waals surface area contributed by atoms with Gasteiger partial charge in [-0.25, -0.2) is 4.98 Å². The Hall–Kier alpha value is -1.56. The second kappa shape index (κ2) is 10.1. The van der Waals surface area contributed by atoms with Crippen LogP contribution in [-0.2, 0) is 0 Å². The van der Waals surface area contributed by atoms with Crippen molar-refractivity contribution in [2.24, 2.45) is 16.8 Å². The van der Waals surface area contributed by atoms with E-state index in [9.17, 15) is 0 Å². The molecule has 1 aromatic rings. The van der Waals surface area contributed by atoms with Gasteiger partial charge in [-0.2, -0.15) is 0 Å². The molecule has 6 heteroatoms. The van der Waals surface area contributed by atoms with Crippen LogP contribution in [-0.4, -0.2) is 71.6 Å². The van der Waals surface area contributed by atoms with Gasteiger partial charge in [-0.15, -0.1) is 0 Å². The number of imidazole rings is 1. The first kappa shape index (κ1) is 20.2. The fourth-order valence-electron chi connectivity index (χ4n) is 4.37. The van der Waals surface area contributed by atoms with Crippen LogP contribution in [0.4, 0.5) is 0 Å². The minimum Gasteiger partial charge on any atom is -0.356 e. The summed E-state index contributed by atoms with van der Waals surface area (Å²) in [4.78, 5) is 13.8. The molecule has 0 spiro atoms. The van der Waals surface area contributed by atoms with Crippen molar-refractivity contribution in [2.45, 2.75) is 52.0 Å². The van der Waals surface area contributed by atoms with E-state index in [0.29, 0.717) is 12.0 Å². The summed E-state index contributed by atoms with van der Waals surface area (Å²) in [5.74, 6) is 2.64. The molecular weight excluding hydrogens is 336 g/mol. The standard InChI is InChI=1S/C21H38N6/c1-18-6-12-25(13-7-18)11-5-4-9-24-21(22-3)26-14-8-19(2)20(16-26)27-15-10-23-17-27/h10,15,17-20H,4-9,11-14,16H2,1-3H3,(H,22,24). The van der Waals surface area contributed by atoms with Crippen molar-refractivity contribution in [3.05, 3.63) is 18.7 Å². The fourth-order valence-corrected chi connectivity index (χ4v) is 4.37. The molecule has 27 heavy (non-hydrogen) atoms. The van der Waals surface area contributed by atoms with Gasteiger partial charge in [-0.1, -0.05) is 13.8 Å². The molecule has 3 rings (SSSR count). The molecule has 2 unspecified atom stereocenters. The van der Waals surface area contributed by atoms with Crippen LogP contribution in [0.15, 0.2) is 23.7 Å². The highest BCUT2D eigenvalue weighted by atomic mass is 15.3. The van der Waals surface area contributed by atoms with Crippen LogP contribution in [0.5, 0.6) is 0 Å². The number of aromatic nitrogens is 2. The van der Waals surface area contributed by atoms with E-state index in [0.717, 1.165) is 31.5 Å². The SMILES string of the molecule is CN=C(NCCCCN1CCC(C)CC1)N1CCC(C)C(n2ccnc2)C1. The van der Waals surface area contributed by atoms with E-state index in [1.165, 1.54) is 51.7 Å². The van der Waals surface area contributed by atoms with E-state index in [1.54, 1.807) is 0 Å². The fraction of sp³-hybridized carbons (Fsp3) is 0.810. The van der Waals surface area contributed by atoms with Crippen molar-refractivity contribution in [1.82, 2.24) is 24.7 Å². The second-order valence-corrected chi connectivity index (χ2v) is 8.49. The van der Waals surface area contributed by atoms with Crippen molar-refractivity contribution in [3.63, 3.8) is 0 Å². The zero-order chi connectivity index (χ0) is 19.1. The molecule has 0 radical (unpaired) electrons. The maximum Gasteiger partial charge on any atom is 0.193 e. The predicted molar refractivity (Wildman–Crippen MR) is 112 cm³/mol. The number of likely N-dealkylation sites (tertiary alicyclic amines) is 2. The molecule has 0 aliphatic carbocycles. The van der Waals surface area contributed by atoms with Crippen molar-refractivity contribution in [2.75, 3.05) is 46.3 Å². The van der Waals surface area contributed by atoms with Crippen LogP contribution >= 0.6 is 0 Å². The van der Waals surface area contributed by atoms with Gasteiger partial charge >= 0.3 is 0 Å². The molecule has 1 N–H and O–H groups in total. The Kier molecular flexibility index (Phi) is 7.56. The minimum absolute atomic E-state index is 0.473. The molecule has 3 heterocycles. The molecule has 0 bridgehead atoms. The maximum absolute atomic E-state index is 4.54. The molecule has 2 saturated heterocycles. The van der Waals surface area contributed by atoms with Gasteiger partial charge in [-0.3, -0.25) is 4.99 Å². The summed E-state index contributed by atoms with van der Waals surface area (Å²) in [5, 5.41) is 3.60. The molecule has 152 valence electrons. The van der Waals surface area contributed by atoms with Gasteiger partial charge in [0.05, 0.1) is 12.4 Å². The van der Waals surface area contributed by atoms with E-state index in [2.05, 4.69) is 49.7 Å². The van der Waals surface area contributed by atoms with E-state index >= 15 is 0 Å². The number of unbranched alkanes of at least 4 members (excludes halogenated alkanes) is 1. The summed E-state index contributed by atoms with van der Waals surface area (Å²) < 4.78 is 2.25. The first-order valence-corrected chi connectivity index (χ1v) is 10.8. The third-order valence-electron chi connectivity index (χ3n) is 6.40. The quantitative estimate of drug-likeness (QED) is 0.473. The molecule has 1 aromatic heterocycles. The van der Waals surface area contributed by atoms with E-state index in [4.69, 9.17) is 0 Å². The van der Waals surface area contributed by atoms with Gasteiger partial charge in [0.15, 0.2) is 5.96 Å². The normalized spacial score (nSPS) is 25.7. The Balaban J connectivity index is 1.38. The Morgan fingerprint density at radius 2 is 1.96 bits per heavy atom. The summed E-state index contributed by atoms with van der Waals surface area (Å²) in [5.41, 5.74) is 0. The summed E-state index contributed by atoms with van der Waals surface area (Å²) >= 11 is 0. The predicted octanol–water partition coefficient (Wildman–Crippen LogP) is 2.85. The largest absolute Gasteiger partial charge is 0.356 e. The summed E-state index contributed by atoms with van der Waals surface area (Å²) in [6.45, 7) is 11.7. The maximum atomic E-state index is 4.54. The molecule has 0 amide bonds. The van der Waals surface area contributed by atoms with Crippen molar-refractivity contribution in [3.8, 4) is 0 Å². The third kappa shape index (κ3) is 5.71. The highest BCUT2D eigenvalue weighted by Crippen LogP contribution is 2.27. The van der Waals surface area contributed by atoms with Crippen LogP contribution in [0.2, 0.25) is 0 Å². The number of guanidine groups is 1. The molecular formula is C21H38N6. The topological polar surface area (TPSA) is 48.7 Å². The van der Waals surface area contributed by atoms with E-state index in [-0.39, 0.29) is 0 Å². The van der Waals surface area contributed by atoms with Crippen molar-refractivity contribution in [1.29, 1.82) is 0 Å². The van der Waals surface area contributed by atoms with Crippen molar-refractivity contribution < 1.29 is 0 Å². The van der Waals surface area contributed by atoms with Crippen LogP contribution in [0.25, 0.3) is 0 Å². The van der Waals surface area contributed by atoms with Crippen LogP contribution < -0.4 is 5.32 Å². The first-order chi connectivity index (χ1) is 13.2. The zero-order valence-electron chi connectivity index (χ0n) is 17.5. The summed E-state index contributed by atoms with van der Waals surface area (Å²) in [6.07, 6.45) is 12.3. The lowest BCUT2D eigenvalue weighted by Crippen LogP contribution is -2.49. The van der Waals surface area contributed by atoms with Gasteiger partial charge in [0.2, 0.25) is 0 Å². The molecule has 6 nitrogen and oxygen atoms in total. The lowest BCUT2D eigenvalue weighted by molar-refractivity contribution is 0.186. The van der Waals surface area contributed by atoms with Crippen LogP contribution in [0.1, 0.15) is 52.0 Å². The Bertz CT molecular complexity index is 561.